The lowest BCUT2D eigenvalue weighted by Gasteiger charge is -2.07. The number of benzene rings is 1. The molecular formula is C21H22N4O5S2. The molecule has 0 spiro atoms. The number of nitrogens with one attached hydrogen (secondary N) is 2. The number of esters is 1. The fraction of sp³-hybridized carbons (Fsp3) is 0.286. The summed E-state index contributed by atoms with van der Waals surface area (Å²) in [6, 6.07) is 7.69. The highest BCUT2D eigenvalue weighted by Gasteiger charge is 2.13. The Kier molecular flexibility index (Phi) is 8.28. The maximum atomic E-state index is 12.0. The van der Waals surface area contributed by atoms with Crippen molar-refractivity contribution in [2.24, 2.45) is 0 Å². The zero-order valence-electron chi connectivity index (χ0n) is 17.5. The molecule has 0 aliphatic rings. The molecular weight excluding hydrogens is 452 g/mol. The standard InChI is InChI=1S/C21H22N4O5S2/c1-13-3-5-16(6-4-13)29-10-20-23-15(12-32-20)7-21(28)30-9-18(27)25-24-17(26)8-19-22-14(2)11-31-19/h3-6,11-12H,7-10H2,1-2H3,(H,24,26)(H,25,27). The number of nitrogens with zero attached hydrogens (tertiary/aromatic N) is 2. The van der Waals surface area contributed by atoms with Crippen molar-refractivity contribution in [3.05, 3.63) is 62.0 Å². The lowest BCUT2D eigenvalue weighted by atomic mass is 10.2. The highest BCUT2D eigenvalue weighted by atomic mass is 32.1. The number of amides is 2. The molecule has 168 valence electrons. The van der Waals surface area contributed by atoms with E-state index in [2.05, 4.69) is 20.8 Å². The SMILES string of the molecule is Cc1ccc(OCc2nc(CC(=O)OCC(=O)NNC(=O)Cc3nc(C)cs3)cs2)cc1. The minimum atomic E-state index is -0.646. The number of rotatable bonds is 9. The zero-order chi connectivity index (χ0) is 22.9. The molecule has 0 saturated carbocycles. The lowest BCUT2D eigenvalue weighted by Crippen LogP contribution is -2.44. The molecule has 0 bridgehead atoms. The van der Waals surface area contributed by atoms with Gasteiger partial charge in [0.15, 0.2) is 6.61 Å². The maximum absolute atomic E-state index is 12.0. The Labute approximate surface area is 192 Å². The summed E-state index contributed by atoms with van der Waals surface area (Å²) < 4.78 is 10.6. The largest absolute Gasteiger partial charge is 0.486 e. The number of hydrazine groups is 1. The first-order valence-corrected chi connectivity index (χ1v) is 11.4. The van der Waals surface area contributed by atoms with Gasteiger partial charge in [0.2, 0.25) is 5.91 Å². The van der Waals surface area contributed by atoms with Gasteiger partial charge in [0.1, 0.15) is 22.4 Å². The predicted molar refractivity (Wildman–Crippen MR) is 119 cm³/mol. The molecule has 0 fully saturated rings. The molecule has 2 aromatic heterocycles. The van der Waals surface area contributed by atoms with E-state index < -0.39 is 24.4 Å². The van der Waals surface area contributed by atoms with Crippen LogP contribution in [0.1, 0.15) is 27.0 Å². The number of hydrogen-bond donors (Lipinski definition) is 2. The lowest BCUT2D eigenvalue weighted by molar-refractivity contribution is -0.148. The summed E-state index contributed by atoms with van der Waals surface area (Å²) in [6.07, 6.45) is -0.0115. The summed E-state index contributed by atoms with van der Waals surface area (Å²) in [5.74, 6) is -0.915. The van der Waals surface area contributed by atoms with E-state index in [4.69, 9.17) is 9.47 Å². The highest BCUT2D eigenvalue weighted by molar-refractivity contribution is 7.10. The molecule has 32 heavy (non-hydrogen) atoms. The van der Waals surface area contributed by atoms with E-state index in [1.165, 1.54) is 22.7 Å². The van der Waals surface area contributed by atoms with Crippen LogP contribution >= 0.6 is 22.7 Å². The van der Waals surface area contributed by atoms with Crippen molar-refractivity contribution in [3.63, 3.8) is 0 Å². The number of aryl methyl sites for hydroxylation is 2. The maximum Gasteiger partial charge on any atom is 0.312 e. The van der Waals surface area contributed by atoms with E-state index >= 15 is 0 Å². The number of carbonyl (C=O) groups excluding carboxylic acids is 3. The molecule has 2 N–H and O–H groups in total. The van der Waals surface area contributed by atoms with Crippen LogP contribution in [-0.4, -0.2) is 34.4 Å². The van der Waals surface area contributed by atoms with E-state index in [0.29, 0.717) is 17.3 Å². The van der Waals surface area contributed by atoms with Crippen molar-refractivity contribution in [3.8, 4) is 5.75 Å². The van der Waals surface area contributed by atoms with Gasteiger partial charge in [-0.1, -0.05) is 17.7 Å². The first kappa shape index (κ1) is 23.4. The van der Waals surface area contributed by atoms with Crippen LogP contribution in [0.5, 0.6) is 5.75 Å². The van der Waals surface area contributed by atoms with Crippen LogP contribution in [0, 0.1) is 13.8 Å². The Morgan fingerprint density at radius 1 is 0.906 bits per heavy atom. The van der Waals surface area contributed by atoms with Gasteiger partial charge in [-0.3, -0.25) is 25.2 Å². The summed E-state index contributed by atoms with van der Waals surface area (Å²) in [4.78, 5) is 44.0. The average molecular weight is 475 g/mol. The van der Waals surface area contributed by atoms with E-state index in [-0.39, 0.29) is 12.8 Å². The molecule has 2 heterocycles. The van der Waals surface area contributed by atoms with Crippen molar-refractivity contribution >= 4 is 40.5 Å². The minimum absolute atomic E-state index is 0.0539. The molecule has 0 aliphatic heterocycles. The van der Waals surface area contributed by atoms with Crippen LogP contribution < -0.4 is 15.6 Å². The molecule has 2 amide bonds. The Hall–Kier alpha value is -3.31. The molecule has 3 rings (SSSR count). The van der Waals surface area contributed by atoms with Gasteiger partial charge >= 0.3 is 5.97 Å². The average Bonchev–Trinajstić information content (AvgIpc) is 3.38. The van der Waals surface area contributed by atoms with Crippen LogP contribution in [0.2, 0.25) is 0 Å². The molecule has 0 atom stereocenters. The predicted octanol–water partition coefficient (Wildman–Crippen LogP) is 2.27. The van der Waals surface area contributed by atoms with Gasteiger partial charge in [-0.2, -0.15) is 0 Å². The normalized spacial score (nSPS) is 10.4. The summed E-state index contributed by atoms with van der Waals surface area (Å²) in [5.41, 5.74) is 6.98. The van der Waals surface area contributed by atoms with Crippen LogP contribution in [0.3, 0.4) is 0 Å². The highest BCUT2D eigenvalue weighted by Crippen LogP contribution is 2.16. The molecule has 0 radical (unpaired) electrons. The van der Waals surface area contributed by atoms with Gasteiger partial charge in [0.05, 0.1) is 18.5 Å². The fourth-order valence-electron chi connectivity index (χ4n) is 2.46. The second-order valence-corrected chi connectivity index (χ2v) is 8.71. The number of hydrogen-bond acceptors (Lipinski definition) is 9. The Morgan fingerprint density at radius 2 is 1.62 bits per heavy atom. The number of thiazole rings is 2. The van der Waals surface area contributed by atoms with Gasteiger partial charge in [0.25, 0.3) is 5.91 Å². The third kappa shape index (κ3) is 7.75. The number of aromatic nitrogens is 2. The smallest absolute Gasteiger partial charge is 0.312 e. The van der Waals surface area contributed by atoms with Crippen molar-refractivity contribution in [1.29, 1.82) is 0 Å². The number of ether oxygens (including phenoxy) is 2. The van der Waals surface area contributed by atoms with Gasteiger partial charge < -0.3 is 9.47 Å². The molecule has 11 heteroatoms. The zero-order valence-corrected chi connectivity index (χ0v) is 19.2. The first-order valence-electron chi connectivity index (χ1n) is 9.64. The molecule has 9 nitrogen and oxygen atoms in total. The van der Waals surface area contributed by atoms with E-state index in [9.17, 15) is 14.4 Å². The van der Waals surface area contributed by atoms with Crippen molar-refractivity contribution < 1.29 is 23.9 Å². The second-order valence-electron chi connectivity index (χ2n) is 6.83. The van der Waals surface area contributed by atoms with Crippen molar-refractivity contribution in [2.45, 2.75) is 33.3 Å². The van der Waals surface area contributed by atoms with Crippen LogP contribution in [0.25, 0.3) is 0 Å². The quantitative estimate of drug-likeness (QED) is 0.361. The van der Waals surface area contributed by atoms with Gasteiger partial charge in [0, 0.05) is 16.5 Å². The number of carbonyl (C=O) groups is 3. The van der Waals surface area contributed by atoms with E-state index in [0.717, 1.165) is 22.0 Å². The van der Waals surface area contributed by atoms with Crippen molar-refractivity contribution in [2.75, 3.05) is 6.61 Å². The van der Waals surface area contributed by atoms with Gasteiger partial charge in [-0.05, 0) is 26.0 Å². The third-order valence-electron chi connectivity index (χ3n) is 3.99. The molecule has 0 saturated heterocycles. The van der Waals surface area contributed by atoms with Crippen LogP contribution in [0.4, 0.5) is 0 Å². The van der Waals surface area contributed by atoms with E-state index in [1.54, 1.807) is 5.38 Å². The molecule has 1 aromatic carbocycles. The first-order chi connectivity index (χ1) is 15.4. The van der Waals surface area contributed by atoms with Crippen molar-refractivity contribution in [1.82, 2.24) is 20.8 Å². The molecule has 0 aliphatic carbocycles. The molecule has 3 aromatic rings. The minimum Gasteiger partial charge on any atom is -0.486 e. The summed E-state index contributed by atoms with van der Waals surface area (Å²) in [5, 5.41) is 4.95. The Morgan fingerprint density at radius 3 is 2.34 bits per heavy atom. The molecule has 0 unspecified atom stereocenters. The van der Waals surface area contributed by atoms with Crippen LogP contribution in [0.15, 0.2) is 35.0 Å². The third-order valence-corrected chi connectivity index (χ3v) is 5.83. The second kappa shape index (κ2) is 11.3. The Balaban J connectivity index is 1.33. The monoisotopic (exact) mass is 474 g/mol. The summed E-state index contributed by atoms with van der Waals surface area (Å²) in [6.45, 7) is 3.62. The topological polar surface area (TPSA) is 120 Å². The van der Waals surface area contributed by atoms with Crippen LogP contribution in [-0.2, 0) is 38.6 Å². The fourth-order valence-corrected chi connectivity index (χ4v) is 3.94. The summed E-state index contributed by atoms with van der Waals surface area (Å²) >= 11 is 2.74. The summed E-state index contributed by atoms with van der Waals surface area (Å²) in [7, 11) is 0. The van der Waals surface area contributed by atoms with Gasteiger partial charge in [-0.25, -0.2) is 9.97 Å². The Bertz CT molecular complexity index is 1080. The van der Waals surface area contributed by atoms with E-state index in [1.807, 2.05) is 43.5 Å². The van der Waals surface area contributed by atoms with Gasteiger partial charge in [-0.15, -0.1) is 22.7 Å².